The van der Waals surface area contributed by atoms with Crippen LogP contribution in [0.5, 0.6) is 0 Å². The van der Waals surface area contributed by atoms with Gasteiger partial charge in [-0.25, -0.2) is 0 Å². The number of pyridine rings is 1. The van der Waals surface area contributed by atoms with E-state index in [2.05, 4.69) is 44.0 Å². The SMILES string of the molecule is CC1(c2cccnc2)NN=C2C(n3cccc3)=CC=CN21. The third kappa shape index (κ3) is 1.71. The summed E-state index contributed by atoms with van der Waals surface area (Å²) in [5.74, 6) is 0.903. The highest BCUT2D eigenvalue weighted by Crippen LogP contribution is 2.34. The van der Waals surface area contributed by atoms with Gasteiger partial charge in [-0.15, -0.1) is 0 Å². The second kappa shape index (κ2) is 4.34. The second-order valence-electron chi connectivity index (χ2n) is 5.21. The van der Waals surface area contributed by atoms with Gasteiger partial charge in [-0.1, -0.05) is 6.07 Å². The molecule has 2 aliphatic rings. The number of rotatable bonds is 2. The van der Waals surface area contributed by atoms with Crippen LogP contribution in [-0.2, 0) is 5.66 Å². The van der Waals surface area contributed by atoms with Crippen LogP contribution >= 0.6 is 0 Å². The molecule has 104 valence electrons. The van der Waals surface area contributed by atoms with Crippen LogP contribution in [0, 0.1) is 0 Å². The Labute approximate surface area is 122 Å². The van der Waals surface area contributed by atoms with Gasteiger partial charge in [-0.2, -0.15) is 5.10 Å². The molecule has 0 aliphatic carbocycles. The molecule has 1 N–H and O–H groups in total. The highest BCUT2D eigenvalue weighted by molar-refractivity contribution is 6.19. The smallest absolute Gasteiger partial charge is 0.179 e. The average Bonchev–Trinajstić information content (AvgIpc) is 3.17. The summed E-state index contributed by atoms with van der Waals surface area (Å²) >= 11 is 0. The van der Waals surface area contributed by atoms with E-state index < -0.39 is 5.66 Å². The minimum atomic E-state index is -0.424. The molecule has 2 aromatic rings. The van der Waals surface area contributed by atoms with Crippen molar-refractivity contribution < 1.29 is 0 Å². The topological polar surface area (TPSA) is 45.5 Å². The molecule has 5 nitrogen and oxygen atoms in total. The third-order valence-corrected chi connectivity index (χ3v) is 3.91. The minimum absolute atomic E-state index is 0.424. The summed E-state index contributed by atoms with van der Waals surface area (Å²) in [5.41, 5.74) is 4.94. The van der Waals surface area contributed by atoms with Crippen LogP contribution in [0.2, 0.25) is 0 Å². The van der Waals surface area contributed by atoms with E-state index >= 15 is 0 Å². The molecule has 0 saturated heterocycles. The maximum atomic E-state index is 4.55. The van der Waals surface area contributed by atoms with Crippen molar-refractivity contribution in [1.82, 2.24) is 19.9 Å². The maximum Gasteiger partial charge on any atom is 0.179 e. The van der Waals surface area contributed by atoms with Crippen LogP contribution in [-0.4, -0.2) is 20.3 Å². The average molecular weight is 277 g/mol. The molecule has 0 radical (unpaired) electrons. The van der Waals surface area contributed by atoms with Gasteiger partial charge in [0.25, 0.3) is 0 Å². The summed E-state index contributed by atoms with van der Waals surface area (Å²) in [6.07, 6.45) is 13.8. The summed E-state index contributed by atoms with van der Waals surface area (Å²) < 4.78 is 2.06. The molecular weight excluding hydrogens is 262 g/mol. The Morgan fingerprint density at radius 2 is 2.05 bits per heavy atom. The lowest BCUT2D eigenvalue weighted by Gasteiger charge is -2.35. The van der Waals surface area contributed by atoms with E-state index in [9.17, 15) is 0 Å². The van der Waals surface area contributed by atoms with Crippen molar-refractivity contribution in [2.75, 3.05) is 0 Å². The number of nitrogens with zero attached hydrogens (tertiary/aromatic N) is 4. The quantitative estimate of drug-likeness (QED) is 0.916. The molecule has 0 aromatic carbocycles. The Kier molecular flexibility index (Phi) is 2.47. The summed E-state index contributed by atoms with van der Waals surface area (Å²) in [7, 11) is 0. The van der Waals surface area contributed by atoms with Gasteiger partial charge in [0.2, 0.25) is 0 Å². The predicted octanol–water partition coefficient (Wildman–Crippen LogP) is 2.34. The number of hydrogen-bond acceptors (Lipinski definition) is 4. The lowest BCUT2D eigenvalue weighted by molar-refractivity contribution is 0.234. The molecule has 0 saturated carbocycles. The van der Waals surface area contributed by atoms with Crippen LogP contribution in [0.4, 0.5) is 0 Å². The number of fused-ring (bicyclic) bond motifs is 1. The van der Waals surface area contributed by atoms with E-state index in [4.69, 9.17) is 0 Å². The first-order valence-electron chi connectivity index (χ1n) is 6.86. The molecule has 0 spiro atoms. The zero-order valence-corrected chi connectivity index (χ0v) is 11.6. The van der Waals surface area contributed by atoms with Crippen molar-refractivity contribution in [3.05, 3.63) is 73.0 Å². The normalized spacial score (nSPS) is 23.4. The molecule has 21 heavy (non-hydrogen) atoms. The summed E-state index contributed by atoms with van der Waals surface area (Å²) in [6.45, 7) is 2.10. The highest BCUT2D eigenvalue weighted by Gasteiger charge is 2.41. The third-order valence-electron chi connectivity index (χ3n) is 3.91. The van der Waals surface area contributed by atoms with Crippen LogP contribution < -0.4 is 5.43 Å². The molecular formula is C16H15N5. The molecule has 0 fully saturated rings. The standard InChI is InChI=1S/C16H15N5/c1-16(13-6-4-8-17-12-13)19-18-15-14(7-5-11-21(15)16)20-9-2-3-10-20/h2-12,19H,1H3. The van der Waals surface area contributed by atoms with Crippen LogP contribution in [0.3, 0.4) is 0 Å². The lowest BCUT2D eigenvalue weighted by Crippen LogP contribution is -2.47. The Morgan fingerprint density at radius 1 is 1.19 bits per heavy atom. The van der Waals surface area contributed by atoms with Crippen LogP contribution in [0.1, 0.15) is 12.5 Å². The second-order valence-corrected chi connectivity index (χ2v) is 5.21. The fourth-order valence-corrected chi connectivity index (χ4v) is 2.73. The van der Waals surface area contributed by atoms with Gasteiger partial charge in [0.1, 0.15) is 0 Å². The predicted molar refractivity (Wildman–Crippen MR) is 81.8 cm³/mol. The van der Waals surface area contributed by atoms with E-state index in [0.717, 1.165) is 17.1 Å². The largest absolute Gasteiger partial charge is 0.321 e. The van der Waals surface area contributed by atoms with Gasteiger partial charge in [0.05, 0.1) is 5.70 Å². The Bertz CT molecular complexity index is 742. The van der Waals surface area contributed by atoms with Gasteiger partial charge in [0.15, 0.2) is 11.5 Å². The van der Waals surface area contributed by atoms with Crippen molar-refractivity contribution in [3.8, 4) is 0 Å². The monoisotopic (exact) mass is 277 g/mol. The number of amidine groups is 1. The zero-order chi connectivity index (χ0) is 14.3. The van der Waals surface area contributed by atoms with Gasteiger partial charge in [-0.3, -0.25) is 10.4 Å². The van der Waals surface area contributed by atoms with Gasteiger partial charge in [0, 0.05) is 36.6 Å². The molecule has 1 atom stereocenters. The van der Waals surface area contributed by atoms with Gasteiger partial charge < -0.3 is 9.47 Å². The minimum Gasteiger partial charge on any atom is -0.321 e. The first-order chi connectivity index (χ1) is 10.3. The van der Waals surface area contributed by atoms with Crippen molar-refractivity contribution in [3.63, 3.8) is 0 Å². The van der Waals surface area contributed by atoms with E-state index in [1.54, 1.807) is 6.20 Å². The molecule has 2 aliphatic heterocycles. The number of hydrogen-bond donors (Lipinski definition) is 1. The number of nitrogens with one attached hydrogen (secondary N) is 1. The van der Waals surface area contributed by atoms with Crippen LogP contribution in [0.25, 0.3) is 5.70 Å². The zero-order valence-electron chi connectivity index (χ0n) is 11.6. The van der Waals surface area contributed by atoms with E-state index in [-0.39, 0.29) is 0 Å². The highest BCUT2D eigenvalue weighted by atomic mass is 15.6. The molecule has 4 heterocycles. The van der Waals surface area contributed by atoms with E-state index in [0.29, 0.717) is 0 Å². The van der Waals surface area contributed by atoms with Crippen molar-refractivity contribution >= 4 is 11.5 Å². The molecule has 5 heteroatoms. The van der Waals surface area contributed by atoms with E-state index in [1.807, 2.05) is 49.1 Å². The lowest BCUT2D eigenvalue weighted by atomic mass is 10.0. The fourth-order valence-electron chi connectivity index (χ4n) is 2.73. The molecule has 0 amide bonds. The molecule has 0 bridgehead atoms. The van der Waals surface area contributed by atoms with Crippen molar-refractivity contribution in [2.24, 2.45) is 5.10 Å². The maximum absolute atomic E-state index is 4.55. The van der Waals surface area contributed by atoms with Gasteiger partial charge >= 0.3 is 0 Å². The number of allylic oxidation sites excluding steroid dienone is 2. The van der Waals surface area contributed by atoms with Gasteiger partial charge in [-0.05, 0) is 37.3 Å². The number of hydrazone groups is 1. The summed E-state index contributed by atoms with van der Waals surface area (Å²) in [6, 6.07) is 8.01. The molecule has 2 aromatic heterocycles. The molecule has 1 unspecified atom stereocenters. The first kappa shape index (κ1) is 12.0. The first-order valence-corrected chi connectivity index (χ1v) is 6.86. The van der Waals surface area contributed by atoms with E-state index in [1.165, 1.54) is 0 Å². The summed E-state index contributed by atoms with van der Waals surface area (Å²) in [4.78, 5) is 6.36. The Hall–Kier alpha value is -2.82. The van der Waals surface area contributed by atoms with Crippen molar-refractivity contribution in [2.45, 2.75) is 12.6 Å². The fraction of sp³-hybridized carbons (Fsp3) is 0.125. The van der Waals surface area contributed by atoms with Crippen molar-refractivity contribution in [1.29, 1.82) is 0 Å². The van der Waals surface area contributed by atoms with Crippen LogP contribution in [0.15, 0.2) is 72.5 Å². The number of aromatic nitrogens is 2. The summed E-state index contributed by atoms with van der Waals surface area (Å²) in [5, 5.41) is 4.55. The Balaban J connectivity index is 1.75. The Morgan fingerprint density at radius 3 is 2.81 bits per heavy atom. The molecule has 4 rings (SSSR count).